The van der Waals surface area contributed by atoms with Crippen LogP contribution in [0.2, 0.25) is 0 Å². The molecule has 1 aliphatic carbocycles. The van der Waals surface area contributed by atoms with E-state index in [2.05, 4.69) is 0 Å². The lowest BCUT2D eigenvalue weighted by Crippen LogP contribution is -2.53. The van der Waals surface area contributed by atoms with Gasteiger partial charge >= 0.3 is 5.97 Å². The number of hydroxylamine groups is 2. The molecule has 0 bridgehead atoms. The lowest BCUT2D eigenvalue weighted by atomic mass is 9.92. The second kappa shape index (κ2) is 9.86. The lowest BCUT2D eigenvalue weighted by molar-refractivity contribution is -0.157. The van der Waals surface area contributed by atoms with Crippen LogP contribution in [0.15, 0.2) is 53.9 Å². The van der Waals surface area contributed by atoms with E-state index in [-0.39, 0.29) is 41.5 Å². The average Bonchev–Trinajstić information content (AvgIpc) is 2.78. The van der Waals surface area contributed by atoms with Crippen LogP contribution in [0.25, 0.3) is 0 Å². The maximum Gasteiger partial charge on any atom is 0.345 e. The zero-order valence-corrected chi connectivity index (χ0v) is 19.9. The quantitative estimate of drug-likeness (QED) is 0.339. The Morgan fingerprint density at radius 2 is 2.09 bits per heavy atom. The molecule has 2 aliphatic rings. The first-order valence-electron chi connectivity index (χ1n) is 11.0. The van der Waals surface area contributed by atoms with Crippen molar-refractivity contribution in [1.82, 2.24) is 15.0 Å². The molecule has 0 spiro atoms. The first-order valence-corrected chi connectivity index (χ1v) is 11.0. The predicted octanol–water partition coefficient (Wildman–Crippen LogP) is 3.27. The molecule has 11 heteroatoms. The van der Waals surface area contributed by atoms with E-state index in [1.165, 1.54) is 43.0 Å². The Labute approximate surface area is 201 Å². The Kier molecular flexibility index (Phi) is 7.46. The van der Waals surface area contributed by atoms with E-state index in [4.69, 9.17) is 4.74 Å². The zero-order valence-electron chi connectivity index (χ0n) is 19.9. The van der Waals surface area contributed by atoms with Crippen LogP contribution < -0.4 is 0 Å². The maximum absolute atomic E-state index is 14.0. The van der Waals surface area contributed by atoms with Gasteiger partial charge in [0.2, 0.25) is 6.35 Å². The number of allylic oxidation sites excluding steroid dienone is 1. The minimum absolute atomic E-state index is 0.00946. The van der Waals surface area contributed by atoms with E-state index in [1.807, 2.05) is 0 Å². The second-order valence-electron chi connectivity index (χ2n) is 8.72. The van der Waals surface area contributed by atoms with Gasteiger partial charge in [-0.3, -0.25) is 14.9 Å². The maximum atomic E-state index is 14.0. The smallest absolute Gasteiger partial charge is 0.345 e. The SMILES string of the molecule is CCOC(=O)C1=CN(C2=CCC(C)(N([O-])O)C=C2)C(O)N(Cc2cccc(C(C)(F)F)c2C)C1=O. The number of aliphatic hydroxyl groups is 1. The van der Waals surface area contributed by atoms with E-state index in [1.54, 1.807) is 19.1 Å². The molecule has 190 valence electrons. The highest BCUT2D eigenvalue weighted by Crippen LogP contribution is 2.34. The molecule has 1 heterocycles. The van der Waals surface area contributed by atoms with Gasteiger partial charge in [-0.15, -0.1) is 0 Å². The third kappa shape index (κ3) is 5.27. The normalized spacial score (nSPS) is 22.9. The summed E-state index contributed by atoms with van der Waals surface area (Å²) in [5.41, 5.74) is -0.829. The summed E-state index contributed by atoms with van der Waals surface area (Å²) in [5.74, 6) is -4.85. The largest absolute Gasteiger partial charge is 0.762 e. The average molecular weight is 492 g/mol. The number of hydrogen-bond donors (Lipinski definition) is 2. The molecule has 35 heavy (non-hydrogen) atoms. The molecule has 1 amide bonds. The summed E-state index contributed by atoms with van der Waals surface area (Å²) in [5, 5.41) is 31.7. The minimum Gasteiger partial charge on any atom is -0.762 e. The first-order chi connectivity index (χ1) is 16.3. The highest BCUT2D eigenvalue weighted by atomic mass is 19.3. The van der Waals surface area contributed by atoms with Crippen LogP contribution in [0.1, 0.15) is 43.9 Å². The molecular weight excluding hydrogens is 464 g/mol. The van der Waals surface area contributed by atoms with Crippen LogP contribution in [0.4, 0.5) is 8.78 Å². The molecule has 2 N–H and O–H groups in total. The van der Waals surface area contributed by atoms with Gasteiger partial charge < -0.3 is 25.2 Å². The van der Waals surface area contributed by atoms with Crippen molar-refractivity contribution in [2.75, 3.05) is 6.61 Å². The summed E-state index contributed by atoms with van der Waals surface area (Å²) in [4.78, 5) is 27.9. The Balaban J connectivity index is 2.01. The van der Waals surface area contributed by atoms with E-state index in [0.717, 1.165) is 18.0 Å². The van der Waals surface area contributed by atoms with Crippen LogP contribution in [0.3, 0.4) is 0 Å². The molecule has 1 aromatic rings. The highest BCUT2D eigenvalue weighted by Gasteiger charge is 2.39. The molecule has 3 rings (SSSR count). The summed E-state index contributed by atoms with van der Waals surface area (Å²) >= 11 is 0. The number of rotatable bonds is 7. The van der Waals surface area contributed by atoms with Gasteiger partial charge in [0, 0.05) is 24.4 Å². The van der Waals surface area contributed by atoms with Gasteiger partial charge in [0.25, 0.3) is 11.8 Å². The number of aliphatic hydroxyl groups excluding tert-OH is 1. The van der Waals surface area contributed by atoms with Crippen LogP contribution in [0, 0.1) is 12.1 Å². The third-order valence-corrected chi connectivity index (χ3v) is 6.11. The van der Waals surface area contributed by atoms with Crippen molar-refractivity contribution in [3.8, 4) is 0 Å². The number of carbonyl (C=O) groups excluding carboxylic acids is 2. The van der Waals surface area contributed by atoms with Gasteiger partial charge in [0.05, 0.1) is 18.7 Å². The Morgan fingerprint density at radius 3 is 2.63 bits per heavy atom. The van der Waals surface area contributed by atoms with E-state index < -0.39 is 29.7 Å². The topological polar surface area (TPSA) is 117 Å². The molecule has 0 fully saturated rings. The van der Waals surface area contributed by atoms with Crippen LogP contribution in [0.5, 0.6) is 0 Å². The predicted molar refractivity (Wildman–Crippen MR) is 121 cm³/mol. The van der Waals surface area contributed by atoms with Crippen molar-refractivity contribution in [3.05, 3.63) is 75.8 Å². The van der Waals surface area contributed by atoms with Crippen molar-refractivity contribution in [3.63, 3.8) is 0 Å². The van der Waals surface area contributed by atoms with E-state index >= 15 is 0 Å². The molecule has 0 saturated carbocycles. The van der Waals surface area contributed by atoms with Crippen molar-refractivity contribution >= 4 is 11.9 Å². The fraction of sp³-hybridized carbons (Fsp3) is 0.417. The molecule has 9 nitrogen and oxygen atoms in total. The summed E-state index contributed by atoms with van der Waals surface area (Å²) in [6, 6.07) is 4.29. The number of hydrogen-bond acceptors (Lipinski definition) is 8. The second-order valence-corrected chi connectivity index (χ2v) is 8.72. The number of benzene rings is 1. The molecule has 2 unspecified atom stereocenters. The van der Waals surface area contributed by atoms with Gasteiger partial charge in [-0.2, -0.15) is 0 Å². The monoisotopic (exact) mass is 492 g/mol. The fourth-order valence-corrected chi connectivity index (χ4v) is 3.94. The number of halogens is 2. The molecule has 0 radical (unpaired) electrons. The van der Waals surface area contributed by atoms with Crippen molar-refractivity contribution in [1.29, 1.82) is 0 Å². The summed E-state index contributed by atoms with van der Waals surface area (Å²) in [6.45, 7) is 5.10. The number of amides is 1. The molecular formula is C24H28F2N3O6-. The Hall–Kier alpha value is -3.12. The molecule has 0 aromatic heterocycles. The van der Waals surface area contributed by atoms with E-state index in [9.17, 15) is 33.9 Å². The summed E-state index contributed by atoms with van der Waals surface area (Å²) in [6.07, 6.45) is 4.08. The number of ether oxygens (including phenoxy) is 1. The number of alkyl halides is 2. The molecule has 1 aliphatic heterocycles. The zero-order chi connectivity index (χ0) is 26.1. The standard InChI is InChI=1S/C24H28F2N3O6/c1-5-35-21(31)18-14-27(17-9-11-23(3,12-10-17)29(33)34)22(32)28(20(18)30)13-16-7-6-8-19(15(16)2)24(4,25)26/h6-11,14,22,32-33H,5,12-13H2,1-4H3/q-1. The van der Waals surface area contributed by atoms with Crippen molar-refractivity contribution in [2.24, 2.45) is 0 Å². The van der Waals surface area contributed by atoms with Gasteiger partial charge in [-0.1, -0.05) is 30.4 Å². The first kappa shape index (κ1) is 26.5. The van der Waals surface area contributed by atoms with Gasteiger partial charge in [0.1, 0.15) is 5.57 Å². The number of carbonyl (C=O) groups is 2. The Morgan fingerprint density at radius 1 is 1.40 bits per heavy atom. The highest BCUT2D eigenvalue weighted by molar-refractivity contribution is 6.16. The van der Waals surface area contributed by atoms with Gasteiger partial charge in [-0.05, 0) is 44.4 Å². The van der Waals surface area contributed by atoms with Gasteiger partial charge in [0.15, 0.2) is 0 Å². The molecule has 1 aromatic carbocycles. The van der Waals surface area contributed by atoms with Crippen LogP contribution in [-0.4, -0.2) is 55.7 Å². The van der Waals surface area contributed by atoms with E-state index in [0.29, 0.717) is 11.3 Å². The fourth-order valence-electron chi connectivity index (χ4n) is 3.94. The summed E-state index contributed by atoms with van der Waals surface area (Å²) < 4.78 is 33.1. The van der Waals surface area contributed by atoms with Crippen LogP contribution in [-0.2, 0) is 26.8 Å². The summed E-state index contributed by atoms with van der Waals surface area (Å²) in [7, 11) is 0. The van der Waals surface area contributed by atoms with Crippen molar-refractivity contribution < 1.29 is 33.4 Å². The van der Waals surface area contributed by atoms with Crippen molar-refractivity contribution in [2.45, 2.75) is 58.5 Å². The number of esters is 1. The number of nitrogens with zero attached hydrogens (tertiary/aromatic N) is 3. The third-order valence-electron chi connectivity index (χ3n) is 6.11. The molecule has 0 saturated heterocycles. The van der Waals surface area contributed by atoms with Gasteiger partial charge in [-0.25, -0.2) is 13.6 Å². The lowest BCUT2D eigenvalue weighted by Gasteiger charge is -2.43. The van der Waals surface area contributed by atoms with Crippen LogP contribution >= 0.6 is 0 Å². The minimum atomic E-state index is -3.11. The Bertz CT molecular complexity index is 1100. The molecule has 2 atom stereocenters.